The van der Waals surface area contributed by atoms with Crippen molar-refractivity contribution in [3.63, 3.8) is 0 Å². The summed E-state index contributed by atoms with van der Waals surface area (Å²) < 4.78 is 5.08. The van der Waals surface area contributed by atoms with Gasteiger partial charge in [0.1, 0.15) is 5.75 Å². The summed E-state index contributed by atoms with van der Waals surface area (Å²) in [4.78, 5) is 24.3. The fourth-order valence-electron chi connectivity index (χ4n) is 2.25. The summed E-state index contributed by atoms with van der Waals surface area (Å²) in [5.41, 5.74) is 0.546. The molecule has 1 aliphatic heterocycles. The molecule has 0 aromatic heterocycles. The van der Waals surface area contributed by atoms with E-state index in [4.69, 9.17) is 9.84 Å². The van der Waals surface area contributed by atoms with Crippen LogP contribution in [0.15, 0.2) is 24.3 Å². The Morgan fingerprint density at radius 1 is 1.35 bits per heavy atom. The van der Waals surface area contributed by atoms with Gasteiger partial charge in [-0.15, -0.1) is 0 Å². The van der Waals surface area contributed by atoms with Gasteiger partial charge in [-0.25, -0.2) is 4.79 Å². The molecule has 0 saturated carbocycles. The largest absolute Gasteiger partial charge is 0.497 e. The minimum absolute atomic E-state index is 0.0179. The molecule has 20 heavy (non-hydrogen) atoms. The van der Waals surface area contributed by atoms with E-state index in [1.807, 2.05) is 0 Å². The summed E-state index contributed by atoms with van der Waals surface area (Å²) in [5.74, 6) is 0.482. The van der Waals surface area contributed by atoms with Crippen LogP contribution in [0, 0.1) is 0 Å². The molecule has 1 saturated heterocycles. The number of hydrogen-bond donors (Lipinski definition) is 2. The lowest BCUT2D eigenvalue weighted by atomic mass is 10.0. The number of hydrogen-bond acceptors (Lipinski definition) is 3. The van der Waals surface area contributed by atoms with Crippen molar-refractivity contribution in [3.05, 3.63) is 29.8 Å². The van der Waals surface area contributed by atoms with Crippen LogP contribution in [0.2, 0.25) is 0 Å². The average Bonchev–Trinajstić information content (AvgIpc) is 2.47. The number of piperidine rings is 1. The number of ether oxygens (including phenoxy) is 1. The minimum Gasteiger partial charge on any atom is -0.497 e. The third kappa shape index (κ3) is 3.40. The summed E-state index contributed by atoms with van der Waals surface area (Å²) in [6.07, 6.45) is 0.381. The molecular weight excluding hydrogens is 260 g/mol. The molecule has 1 aliphatic rings. The highest BCUT2D eigenvalue weighted by Gasteiger charge is 2.23. The van der Waals surface area contributed by atoms with Crippen LogP contribution in [-0.4, -0.2) is 48.2 Å². The van der Waals surface area contributed by atoms with Crippen LogP contribution in [0.1, 0.15) is 23.2 Å². The van der Waals surface area contributed by atoms with Gasteiger partial charge in [0.25, 0.3) is 5.91 Å². The quantitative estimate of drug-likeness (QED) is 0.879. The van der Waals surface area contributed by atoms with Crippen molar-refractivity contribution in [2.24, 2.45) is 0 Å². The van der Waals surface area contributed by atoms with Crippen molar-refractivity contribution < 1.29 is 19.4 Å². The molecule has 0 atom stereocenters. The van der Waals surface area contributed by atoms with Crippen LogP contribution < -0.4 is 10.1 Å². The standard InChI is InChI=1S/C14H18N2O4/c1-20-12-4-2-3-10(9-12)13(17)15-11-5-7-16(8-6-11)14(18)19/h2-4,9,11H,5-8H2,1H3,(H,15,17)(H,18,19). The Morgan fingerprint density at radius 2 is 2.05 bits per heavy atom. The maximum Gasteiger partial charge on any atom is 0.407 e. The average molecular weight is 278 g/mol. The monoisotopic (exact) mass is 278 g/mol. The second-order valence-corrected chi connectivity index (χ2v) is 4.75. The number of methoxy groups -OCH3 is 1. The highest BCUT2D eigenvalue weighted by Crippen LogP contribution is 2.14. The molecule has 6 nitrogen and oxygen atoms in total. The molecule has 6 heteroatoms. The van der Waals surface area contributed by atoms with E-state index in [1.54, 1.807) is 31.4 Å². The molecule has 0 aliphatic carbocycles. The Bertz CT molecular complexity index is 496. The summed E-state index contributed by atoms with van der Waals surface area (Å²) in [5, 5.41) is 11.8. The molecule has 2 rings (SSSR count). The summed E-state index contributed by atoms with van der Waals surface area (Å²) in [6.45, 7) is 0.913. The van der Waals surface area contributed by atoms with Gasteiger partial charge in [-0.05, 0) is 31.0 Å². The van der Waals surface area contributed by atoms with Crippen LogP contribution in [0.4, 0.5) is 4.79 Å². The zero-order valence-corrected chi connectivity index (χ0v) is 11.3. The van der Waals surface area contributed by atoms with E-state index in [0.717, 1.165) is 0 Å². The summed E-state index contributed by atoms with van der Waals surface area (Å²) in [7, 11) is 1.55. The van der Waals surface area contributed by atoms with Gasteiger partial charge in [0, 0.05) is 24.7 Å². The van der Waals surface area contributed by atoms with Gasteiger partial charge in [-0.3, -0.25) is 4.79 Å². The van der Waals surface area contributed by atoms with Crippen molar-refractivity contribution in [3.8, 4) is 5.75 Å². The predicted molar refractivity (Wildman–Crippen MR) is 73.1 cm³/mol. The molecule has 108 valence electrons. The van der Waals surface area contributed by atoms with Crippen LogP contribution in [0.25, 0.3) is 0 Å². The third-order valence-electron chi connectivity index (χ3n) is 3.43. The van der Waals surface area contributed by atoms with Crippen LogP contribution >= 0.6 is 0 Å². The highest BCUT2D eigenvalue weighted by molar-refractivity contribution is 5.94. The minimum atomic E-state index is -0.900. The lowest BCUT2D eigenvalue weighted by Gasteiger charge is -2.30. The van der Waals surface area contributed by atoms with Gasteiger partial charge < -0.3 is 20.1 Å². The molecule has 1 fully saturated rings. The predicted octanol–water partition coefficient (Wildman–Crippen LogP) is 1.57. The van der Waals surface area contributed by atoms with Crippen molar-refractivity contribution >= 4 is 12.0 Å². The maximum atomic E-state index is 12.1. The lowest BCUT2D eigenvalue weighted by Crippen LogP contribution is -2.46. The number of nitrogens with zero attached hydrogens (tertiary/aromatic N) is 1. The van der Waals surface area contributed by atoms with E-state index in [2.05, 4.69) is 5.32 Å². The third-order valence-corrected chi connectivity index (χ3v) is 3.43. The maximum absolute atomic E-state index is 12.1. The first kappa shape index (κ1) is 14.2. The Hall–Kier alpha value is -2.24. The second-order valence-electron chi connectivity index (χ2n) is 4.75. The normalized spacial score (nSPS) is 15.8. The van der Waals surface area contributed by atoms with Gasteiger partial charge in [0.15, 0.2) is 0 Å². The molecule has 2 N–H and O–H groups in total. The van der Waals surface area contributed by atoms with Gasteiger partial charge >= 0.3 is 6.09 Å². The molecule has 2 amide bonds. The molecule has 1 aromatic rings. The zero-order chi connectivity index (χ0) is 14.5. The van der Waals surface area contributed by atoms with E-state index in [-0.39, 0.29) is 11.9 Å². The topological polar surface area (TPSA) is 78.9 Å². The van der Waals surface area contributed by atoms with Crippen LogP contribution in [0.3, 0.4) is 0 Å². The molecule has 0 spiro atoms. The first-order valence-corrected chi connectivity index (χ1v) is 6.53. The van der Waals surface area contributed by atoms with E-state index < -0.39 is 6.09 Å². The fraction of sp³-hybridized carbons (Fsp3) is 0.429. The molecule has 1 heterocycles. The van der Waals surface area contributed by atoms with E-state index >= 15 is 0 Å². The Labute approximate surface area is 117 Å². The van der Waals surface area contributed by atoms with Gasteiger partial charge in [0.2, 0.25) is 0 Å². The summed E-state index contributed by atoms with van der Waals surface area (Å²) >= 11 is 0. The van der Waals surface area contributed by atoms with Crippen LogP contribution in [-0.2, 0) is 0 Å². The Morgan fingerprint density at radius 3 is 2.65 bits per heavy atom. The number of nitrogens with one attached hydrogen (secondary N) is 1. The second kappa shape index (κ2) is 6.27. The number of amides is 2. The molecule has 1 aromatic carbocycles. The van der Waals surface area contributed by atoms with E-state index in [0.29, 0.717) is 37.2 Å². The van der Waals surface area contributed by atoms with Crippen molar-refractivity contribution in [2.45, 2.75) is 18.9 Å². The van der Waals surface area contributed by atoms with Crippen molar-refractivity contribution in [1.82, 2.24) is 10.2 Å². The van der Waals surface area contributed by atoms with Gasteiger partial charge in [0.05, 0.1) is 7.11 Å². The fourth-order valence-corrected chi connectivity index (χ4v) is 2.25. The number of carbonyl (C=O) groups is 2. The number of likely N-dealkylation sites (tertiary alicyclic amines) is 1. The zero-order valence-electron chi connectivity index (χ0n) is 11.3. The number of benzene rings is 1. The SMILES string of the molecule is COc1cccc(C(=O)NC2CCN(C(=O)O)CC2)c1. The van der Waals surface area contributed by atoms with Crippen LogP contribution in [0.5, 0.6) is 5.75 Å². The number of carbonyl (C=O) groups excluding carboxylic acids is 1. The molecular formula is C14H18N2O4. The first-order chi connectivity index (χ1) is 9.60. The molecule has 0 radical (unpaired) electrons. The molecule has 0 bridgehead atoms. The number of carboxylic acid groups (broad SMARTS) is 1. The van der Waals surface area contributed by atoms with Gasteiger partial charge in [-0.2, -0.15) is 0 Å². The lowest BCUT2D eigenvalue weighted by molar-refractivity contribution is 0.0907. The Balaban J connectivity index is 1.90. The number of rotatable bonds is 3. The highest BCUT2D eigenvalue weighted by atomic mass is 16.5. The van der Waals surface area contributed by atoms with Gasteiger partial charge in [-0.1, -0.05) is 6.07 Å². The first-order valence-electron chi connectivity index (χ1n) is 6.53. The summed E-state index contributed by atoms with van der Waals surface area (Å²) in [6, 6.07) is 6.97. The van der Waals surface area contributed by atoms with Crippen molar-refractivity contribution in [1.29, 1.82) is 0 Å². The smallest absolute Gasteiger partial charge is 0.407 e. The van der Waals surface area contributed by atoms with E-state index in [9.17, 15) is 9.59 Å². The molecule has 0 unspecified atom stereocenters. The van der Waals surface area contributed by atoms with Crippen molar-refractivity contribution in [2.75, 3.05) is 20.2 Å². The van der Waals surface area contributed by atoms with E-state index in [1.165, 1.54) is 4.90 Å². The Kier molecular flexibility index (Phi) is 4.45.